The number of hydrogen-bond acceptors (Lipinski definition) is 4. The second-order valence-corrected chi connectivity index (χ2v) is 7.61. The number of nitrogens with one attached hydrogen (secondary N) is 2. The van der Waals surface area contributed by atoms with E-state index < -0.39 is 0 Å². The molecule has 0 aliphatic rings. The molecule has 2 aromatic carbocycles. The zero-order valence-electron chi connectivity index (χ0n) is 18.9. The van der Waals surface area contributed by atoms with Crippen molar-refractivity contribution in [3.05, 3.63) is 59.7 Å². The molecule has 1 unspecified atom stereocenters. The van der Waals surface area contributed by atoms with Gasteiger partial charge in [0, 0.05) is 26.7 Å². The molecule has 0 aliphatic heterocycles. The summed E-state index contributed by atoms with van der Waals surface area (Å²) in [6.07, 6.45) is 1.02. The maximum absolute atomic E-state index is 5.82. The van der Waals surface area contributed by atoms with Crippen LogP contribution in [0.4, 0.5) is 0 Å². The highest BCUT2D eigenvalue weighted by Crippen LogP contribution is 2.21. The Morgan fingerprint density at radius 1 is 1.07 bits per heavy atom. The predicted octanol–water partition coefficient (Wildman–Crippen LogP) is 3.49. The van der Waals surface area contributed by atoms with E-state index in [-0.39, 0.29) is 0 Å². The molecule has 0 heterocycles. The van der Waals surface area contributed by atoms with Crippen LogP contribution in [0.1, 0.15) is 30.4 Å². The normalized spacial score (nSPS) is 12.5. The molecular weight excluding hydrogens is 376 g/mol. The summed E-state index contributed by atoms with van der Waals surface area (Å²) < 4.78 is 11.0. The summed E-state index contributed by atoms with van der Waals surface area (Å²) in [7, 11) is 7.57. The molecule has 6 heteroatoms. The zero-order valence-corrected chi connectivity index (χ0v) is 18.9. The minimum absolute atomic E-state index is 0.456. The number of ether oxygens (including phenoxy) is 2. The van der Waals surface area contributed by atoms with E-state index in [2.05, 4.69) is 51.7 Å². The summed E-state index contributed by atoms with van der Waals surface area (Å²) in [5, 5.41) is 6.78. The van der Waals surface area contributed by atoms with Crippen LogP contribution in [0, 0.1) is 0 Å². The third-order valence-corrected chi connectivity index (χ3v) is 4.94. The molecule has 30 heavy (non-hydrogen) atoms. The highest BCUT2D eigenvalue weighted by atomic mass is 16.5. The summed E-state index contributed by atoms with van der Waals surface area (Å²) in [4.78, 5) is 6.44. The molecule has 0 saturated heterocycles. The first-order valence-electron chi connectivity index (χ1n) is 10.5. The third-order valence-electron chi connectivity index (χ3n) is 4.94. The van der Waals surface area contributed by atoms with Crippen LogP contribution in [-0.4, -0.2) is 58.8 Å². The standard InChI is InChI=1S/C24H36N4O2/c1-19(21-9-11-22(29-5)12-10-21)13-14-26-24(25-2)27-18-20-7-6-8-23(17-20)30-16-15-28(3)4/h6-12,17,19H,13-16,18H2,1-5H3,(H2,25,26,27). The van der Waals surface area contributed by atoms with Gasteiger partial charge >= 0.3 is 0 Å². The largest absolute Gasteiger partial charge is 0.497 e. The van der Waals surface area contributed by atoms with Crippen LogP contribution in [0.25, 0.3) is 0 Å². The molecule has 164 valence electrons. The van der Waals surface area contributed by atoms with Gasteiger partial charge in [-0.3, -0.25) is 4.99 Å². The lowest BCUT2D eigenvalue weighted by atomic mass is 9.98. The van der Waals surface area contributed by atoms with Crippen LogP contribution in [0.15, 0.2) is 53.5 Å². The van der Waals surface area contributed by atoms with Crippen molar-refractivity contribution >= 4 is 5.96 Å². The highest BCUT2D eigenvalue weighted by molar-refractivity contribution is 5.79. The van der Waals surface area contributed by atoms with Crippen molar-refractivity contribution in [2.75, 3.05) is 47.9 Å². The lowest BCUT2D eigenvalue weighted by Gasteiger charge is -2.16. The quantitative estimate of drug-likeness (QED) is 0.437. The summed E-state index contributed by atoms with van der Waals surface area (Å²) in [5.41, 5.74) is 2.47. The van der Waals surface area contributed by atoms with Crippen molar-refractivity contribution in [3.63, 3.8) is 0 Å². The number of nitrogens with zero attached hydrogens (tertiary/aromatic N) is 2. The molecule has 0 aromatic heterocycles. The molecular formula is C24H36N4O2. The van der Waals surface area contributed by atoms with E-state index in [1.54, 1.807) is 14.2 Å². The van der Waals surface area contributed by atoms with Crippen molar-refractivity contribution < 1.29 is 9.47 Å². The van der Waals surface area contributed by atoms with E-state index in [0.29, 0.717) is 19.1 Å². The van der Waals surface area contributed by atoms with E-state index in [1.807, 2.05) is 38.4 Å². The van der Waals surface area contributed by atoms with Gasteiger partial charge in [-0.15, -0.1) is 0 Å². The topological polar surface area (TPSA) is 58.1 Å². The Balaban J connectivity index is 1.75. The van der Waals surface area contributed by atoms with Gasteiger partial charge in [-0.2, -0.15) is 0 Å². The first kappa shape index (κ1) is 23.5. The number of aliphatic imine (C=N–C) groups is 1. The monoisotopic (exact) mass is 412 g/mol. The second kappa shape index (κ2) is 12.8. The van der Waals surface area contributed by atoms with Gasteiger partial charge in [0.2, 0.25) is 0 Å². The van der Waals surface area contributed by atoms with Crippen LogP contribution >= 0.6 is 0 Å². The molecule has 2 rings (SSSR count). The molecule has 0 fully saturated rings. The highest BCUT2D eigenvalue weighted by Gasteiger charge is 2.07. The number of hydrogen-bond donors (Lipinski definition) is 2. The van der Waals surface area contributed by atoms with Crippen LogP contribution in [0.5, 0.6) is 11.5 Å². The van der Waals surface area contributed by atoms with Crippen LogP contribution in [-0.2, 0) is 6.54 Å². The maximum atomic E-state index is 5.82. The van der Waals surface area contributed by atoms with Gasteiger partial charge < -0.3 is 25.0 Å². The Hall–Kier alpha value is -2.73. The van der Waals surface area contributed by atoms with Gasteiger partial charge in [-0.05, 0) is 61.8 Å². The van der Waals surface area contributed by atoms with Crippen molar-refractivity contribution in [1.82, 2.24) is 15.5 Å². The molecule has 0 saturated carbocycles. The summed E-state index contributed by atoms with van der Waals surface area (Å²) >= 11 is 0. The molecule has 0 radical (unpaired) electrons. The van der Waals surface area contributed by atoms with Crippen LogP contribution in [0.2, 0.25) is 0 Å². The summed E-state index contributed by atoms with van der Waals surface area (Å²) in [6, 6.07) is 16.5. The zero-order chi connectivity index (χ0) is 21.8. The predicted molar refractivity (Wildman–Crippen MR) is 125 cm³/mol. The smallest absolute Gasteiger partial charge is 0.191 e. The van der Waals surface area contributed by atoms with Crippen molar-refractivity contribution in [2.45, 2.75) is 25.8 Å². The number of benzene rings is 2. The minimum atomic E-state index is 0.456. The molecule has 0 aliphatic carbocycles. The van der Waals surface area contributed by atoms with Crippen molar-refractivity contribution in [3.8, 4) is 11.5 Å². The molecule has 2 aromatic rings. The van der Waals surface area contributed by atoms with Gasteiger partial charge in [-0.25, -0.2) is 0 Å². The first-order valence-corrected chi connectivity index (χ1v) is 10.5. The molecule has 0 spiro atoms. The van der Waals surface area contributed by atoms with Gasteiger partial charge in [0.15, 0.2) is 5.96 Å². The second-order valence-electron chi connectivity index (χ2n) is 7.61. The minimum Gasteiger partial charge on any atom is -0.497 e. The first-order chi connectivity index (χ1) is 14.5. The number of rotatable bonds is 11. The van der Waals surface area contributed by atoms with Gasteiger partial charge in [-0.1, -0.05) is 31.2 Å². The third kappa shape index (κ3) is 8.33. The number of guanidine groups is 1. The summed E-state index contributed by atoms with van der Waals surface area (Å²) in [5.74, 6) is 3.04. The van der Waals surface area contributed by atoms with E-state index in [9.17, 15) is 0 Å². The molecule has 2 N–H and O–H groups in total. The van der Waals surface area contributed by atoms with E-state index in [1.165, 1.54) is 5.56 Å². The van der Waals surface area contributed by atoms with Gasteiger partial charge in [0.25, 0.3) is 0 Å². The number of methoxy groups -OCH3 is 1. The Morgan fingerprint density at radius 3 is 2.50 bits per heavy atom. The van der Waals surface area contributed by atoms with Crippen molar-refractivity contribution in [2.24, 2.45) is 4.99 Å². The fraction of sp³-hybridized carbons (Fsp3) is 0.458. The van der Waals surface area contributed by atoms with Crippen LogP contribution in [0.3, 0.4) is 0 Å². The fourth-order valence-corrected chi connectivity index (χ4v) is 3.00. The molecule has 0 bridgehead atoms. The maximum Gasteiger partial charge on any atom is 0.191 e. The number of likely N-dealkylation sites (N-methyl/N-ethyl adjacent to an activating group) is 1. The molecule has 1 atom stereocenters. The Morgan fingerprint density at radius 2 is 1.83 bits per heavy atom. The average molecular weight is 413 g/mol. The fourth-order valence-electron chi connectivity index (χ4n) is 3.00. The Labute approximate surface area is 181 Å². The van der Waals surface area contributed by atoms with Crippen LogP contribution < -0.4 is 20.1 Å². The van der Waals surface area contributed by atoms with Gasteiger partial charge in [0.1, 0.15) is 18.1 Å². The SMILES string of the molecule is CN=C(NCCC(C)c1ccc(OC)cc1)NCc1cccc(OCCN(C)C)c1. The van der Waals surface area contributed by atoms with Crippen molar-refractivity contribution in [1.29, 1.82) is 0 Å². The molecule has 6 nitrogen and oxygen atoms in total. The van der Waals surface area contributed by atoms with Gasteiger partial charge in [0.05, 0.1) is 7.11 Å². The Kier molecular flexibility index (Phi) is 10.0. The average Bonchev–Trinajstić information content (AvgIpc) is 2.76. The Bertz CT molecular complexity index is 775. The summed E-state index contributed by atoms with van der Waals surface area (Å²) in [6.45, 7) is 5.36. The lowest BCUT2D eigenvalue weighted by Crippen LogP contribution is -2.37. The van der Waals surface area contributed by atoms with E-state index in [0.717, 1.165) is 42.5 Å². The van der Waals surface area contributed by atoms with E-state index >= 15 is 0 Å². The molecule has 0 amide bonds. The van der Waals surface area contributed by atoms with E-state index in [4.69, 9.17) is 9.47 Å². The lowest BCUT2D eigenvalue weighted by molar-refractivity contribution is 0.261.